The minimum Gasteiger partial charge on any atom is -0.494 e. The van der Waals surface area contributed by atoms with Gasteiger partial charge in [0.15, 0.2) is 5.75 Å². The highest BCUT2D eigenvalue weighted by atomic mass is 16.5. The topological polar surface area (TPSA) is 55.6 Å². The Morgan fingerprint density at radius 3 is 2.50 bits per heavy atom. The van der Waals surface area contributed by atoms with Gasteiger partial charge in [0.25, 0.3) is 5.91 Å². The van der Waals surface area contributed by atoms with Crippen LogP contribution in [0.5, 0.6) is 5.75 Å². The number of aryl methyl sites for hydroxylation is 1. The van der Waals surface area contributed by atoms with Gasteiger partial charge < -0.3 is 15.4 Å². The van der Waals surface area contributed by atoms with E-state index in [0.29, 0.717) is 17.0 Å². The minimum atomic E-state index is -0.150. The van der Waals surface area contributed by atoms with Crippen molar-refractivity contribution in [1.29, 1.82) is 0 Å². The minimum absolute atomic E-state index is 0.150. The van der Waals surface area contributed by atoms with Gasteiger partial charge in [-0.1, -0.05) is 24.3 Å². The van der Waals surface area contributed by atoms with E-state index in [0.717, 1.165) is 11.3 Å². The lowest BCUT2D eigenvalue weighted by atomic mass is 10.1. The Labute approximate surface area is 118 Å². The predicted octanol–water partition coefficient (Wildman–Crippen LogP) is 2.86. The quantitative estimate of drug-likeness (QED) is 0.872. The summed E-state index contributed by atoms with van der Waals surface area (Å²) in [6.45, 7) is 1.97. The number of nitrogen functional groups attached to an aromatic ring is 1. The summed E-state index contributed by atoms with van der Waals surface area (Å²) in [5.41, 5.74) is 8.65. The van der Waals surface area contributed by atoms with Gasteiger partial charge in [-0.25, -0.2) is 0 Å². The molecular formula is C16H18N2O2. The number of methoxy groups -OCH3 is 1. The molecule has 2 aromatic carbocycles. The van der Waals surface area contributed by atoms with E-state index < -0.39 is 0 Å². The Morgan fingerprint density at radius 1 is 1.15 bits per heavy atom. The molecule has 1 amide bonds. The number of hydrogen-bond donors (Lipinski definition) is 1. The SMILES string of the molecule is COc1c(N)cccc1C(=O)N(C)c1ccccc1C. The Hall–Kier alpha value is -2.49. The third kappa shape index (κ3) is 2.45. The van der Waals surface area contributed by atoms with Crippen molar-refractivity contribution in [2.75, 3.05) is 24.8 Å². The number of carbonyl (C=O) groups excluding carboxylic acids is 1. The highest BCUT2D eigenvalue weighted by molar-refractivity contribution is 6.08. The first-order chi connectivity index (χ1) is 9.56. The molecule has 4 heteroatoms. The number of para-hydroxylation sites is 2. The molecule has 0 fully saturated rings. The van der Waals surface area contributed by atoms with E-state index >= 15 is 0 Å². The molecule has 104 valence electrons. The zero-order chi connectivity index (χ0) is 14.7. The molecule has 2 N–H and O–H groups in total. The summed E-state index contributed by atoms with van der Waals surface area (Å²) in [6.07, 6.45) is 0. The van der Waals surface area contributed by atoms with E-state index in [9.17, 15) is 4.79 Å². The Bertz CT molecular complexity index is 638. The van der Waals surface area contributed by atoms with Gasteiger partial charge in [-0.3, -0.25) is 4.79 Å². The molecular weight excluding hydrogens is 252 g/mol. The standard InChI is InChI=1S/C16H18N2O2/c1-11-7-4-5-10-14(11)18(2)16(19)12-8-6-9-13(17)15(12)20-3/h4-10H,17H2,1-3H3. The number of nitrogens with zero attached hydrogens (tertiary/aromatic N) is 1. The van der Waals surface area contributed by atoms with Crippen LogP contribution >= 0.6 is 0 Å². The molecule has 20 heavy (non-hydrogen) atoms. The zero-order valence-corrected chi connectivity index (χ0v) is 11.9. The second-order valence-corrected chi connectivity index (χ2v) is 4.58. The average Bonchev–Trinajstić information content (AvgIpc) is 2.46. The van der Waals surface area contributed by atoms with E-state index in [1.807, 2.05) is 31.2 Å². The monoisotopic (exact) mass is 270 g/mol. The molecule has 0 atom stereocenters. The Morgan fingerprint density at radius 2 is 1.85 bits per heavy atom. The number of ether oxygens (including phenoxy) is 1. The van der Waals surface area contributed by atoms with Crippen LogP contribution in [0.3, 0.4) is 0 Å². The van der Waals surface area contributed by atoms with Crippen molar-refractivity contribution in [3.63, 3.8) is 0 Å². The number of benzene rings is 2. The summed E-state index contributed by atoms with van der Waals surface area (Å²) in [5.74, 6) is 0.265. The van der Waals surface area contributed by atoms with Crippen LogP contribution in [0.1, 0.15) is 15.9 Å². The zero-order valence-electron chi connectivity index (χ0n) is 11.9. The predicted molar refractivity (Wildman–Crippen MR) is 81.3 cm³/mol. The molecule has 0 aliphatic rings. The summed E-state index contributed by atoms with van der Waals surface area (Å²) in [4.78, 5) is 14.2. The normalized spacial score (nSPS) is 10.2. The second kappa shape index (κ2) is 5.65. The molecule has 0 heterocycles. The van der Waals surface area contributed by atoms with Gasteiger partial charge in [-0.2, -0.15) is 0 Å². The van der Waals surface area contributed by atoms with Crippen LogP contribution in [-0.2, 0) is 0 Å². The summed E-state index contributed by atoms with van der Waals surface area (Å²) in [7, 11) is 3.25. The lowest BCUT2D eigenvalue weighted by molar-refractivity contribution is 0.0990. The van der Waals surface area contributed by atoms with E-state index in [1.54, 1.807) is 30.1 Å². The number of carbonyl (C=O) groups is 1. The molecule has 0 aliphatic carbocycles. The van der Waals surface area contributed by atoms with E-state index in [1.165, 1.54) is 7.11 Å². The molecule has 0 radical (unpaired) electrons. The molecule has 0 saturated carbocycles. The van der Waals surface area contributed by atoms with Crippen LogP contribution in [-0.4, -0.2) is 20.1 Å². The molecule has 0 aromatic heterocycles. The fraction of sp³-hybridized carbons (Fsp3) is 0.188. The molecule has 0 saturated heterocycles. The molecule has 4 nitrogen and oxygen atoms in total. The van der Waals surface area contributed by atoms with E-state index in [-0.39, 0.29) is 5.91 Å². The van der Waals surface area contributed by atoms with Crippen LogP contribution < -0.4 is 15.4 Å². The maximum absolute atomic E-state index is 12.6. The van der Waals surface area contributed by atoms with Crippen molar-refractivity contribution in [2.45, 2.75) is 6.92 Å². The van der Waals surface area contributed by atoms with Crippen molar-refractivity contribution in [3.8, 4) is 5.75 Å². The molecule has 0 spiro atoms. The highest BCUT2D eigenvalue weighted by Gasteiger charge is 2.20. The van der Waals surface area contributed by atoms with Gasteiger partial charge in [0.2, 0.25) is 0 Å². The van der Waals surface area contributed by atoms with Crippen molar-refractivity contribution >= 4 is 17.3 Å². The summed E-state index contributed by atoms with van der Waals surface area (Å²) < 4.78 is 5.24. The van der Waals surface area contributed by atoms with E-state index in [4.69, 9.17) is 10.5 Å². The lowest BCUT2D eigenvalue weighted by Crippen LogP contribution is -2.27. The van der Waals surface area contributed by atoms with Crippen LogP contribution in [0, 0.1) is 6.92 Å². The average molecular weight is 270 g/mol. The highest BCUT2D eigenvalue weighted by Crippen LogP contribution is 2.28. The van der Waals surface area contributed by atoms with Gasteiger partial charge in [0, 0.05) is 12.7 Å². The lowest BCUT2D eigenvalue weighted by Gasteiger charge is -2.21. The first-order valence-electron chi connectivity index (χ1n) is 6.32. The smallest absolute Gasteiger partial charge is 0.261 e. The van der Waals surface area contributed by atoms with Gasteiger partial charge >= 0.3 is 0 Å². The number of amides is 1. The first kappa shape index (κ1) is 13.9. The first-order valence-corrected chi connectivity index (χ1v) is 6.32. The maximum atomic E-state index is 12.6. The number of hydrogen-bond acceptors (Lipinski definition) is 3. The van der Waals surface area contributed by atoms with Crippen LogP contribution in [0.4, 0.5) is 11.4 Å². The molecule has 0 unspecified atom stereocenters. The molecule has 0 aliphatic heterocycles. The van der Waals surface area contributed by atoms with Gasteiger partial charge in [0.05, 0.1) is 18.4 Å². The third-order valence-corrected chi connectivity index (χ3v) is 3.26. The summed E-state index contributed by atoms with van der Waals surface area (Å²) in [5, 5.41) is 0. The fourth-order valence-electron chi connectivity index (χ4n) is 2.18. The Balaban J connectivity index is 2.42. The molecule has 0 bridgehead atoms. The molecule has 2 rings (SSSR count). The van der Waals surface area contributed by atoms with Crippen molar-refractivity contribution in [2.24, 2.45) is 0 Å². The number of rotatable bonds is 3. The van der Waals surface area contributed by atoms with Crippen LogP contribution in [0.2, 0.25) is 0 Å². The van der Waals surface area contributed by atoms with Gasteiger partial charge in [0.1, 0.15) is 0 Å². The van der Waals surface area contributed by atoms with Crippen LogP contribution in [0.15, 0.2) is 42.5 Å². The second-order valence-electron chi connectivity index (χ2n) is 4.58. The maximum Gasteiger partial charge on any atom is 0.261 e. The molecule has 2 aromatic rings. The van der Waals surface area contributed by atoms with Crippen molar-refractivity contribution in [1.82, 2.24) is 0 Å². The fourth-order valence-corrected chi connectivity index (χ4v) is 2.18. The van der Waals surface area contributed by atoms with Gasteiger partial charge in [-0.15, -0.1) is 0 Å². The number of anilines is 2. The van der Waals surface area contributed by atoms with Crippen molar-refractivity contribution in [3.05, 3.63) is 53.6 Å². The third-order valence-electron chi connectivity index (χ3n) is 3.26. The Kier molecular flexibility index (Phi) is 3.94. The van der Waals surface area contributed by atoms with Crippen LogP contribution in [0.25, 0.3) is 0 Å². The number of nitrogens with two attached hydrogens (primary N) is 1. The summed E-state index contributed by atoms with van der Waals surface area (Å²) in [6, 6.07) is 12.9. The van der Waals surface area contributed by atoms with Gasteiger partial charge in [-0.05, 0) is 30.7 Å². The largest absolute Gasteiger partial charge is 0.494 e. The van der Waals surface area contributed by atoms with Crippen molar-refractivity contribution < 1.29 is 9.53 Å². The summed E-state index contributed by atoms with van der Waals surface area (Å²) >= 11 is 0. The van der Waals surface area contributed by atoms with E-state index in [2.05, 4.69) is 0 Å².